The molecule has 1 aromatic heterocycles. The summed E-state index contributed by atoms with van der Waals surface area (Å²) in [4.78, 5) is 10.6. The third kappa shape index (κ3) is 3.71. The molecule has 0 aromatic carbocycles. The molecule has 0 aliphatic rings. The molecule has 0 bridgehead atoms. The number of hydrogen-bond donors (Lipinski definition) is 0. The summed E-state index contributed by atoms with van der Waals surface area (Å²) in [6, 6.07) is 2.01. The average Bonchev–Trinajstić information content (AvgIpc) is 2.64. The predicted octanol–water partition coefficient (Wildman–Crippen LogP) is 2.49. The van der Waals surface area contributed by atoms with Crippen LogP contribution in [-0.4, -0.2) is 13.1 Å². The second-order valence-corrected chi connectivity index (χ2v) is 3.08. The van der Waals surface area contributed by atoms with Crippen LogP contribution in [0.25, 0.3) is 6.08 Å². The molecule has 0 fully saturated rings. The molecule has 0 N–H and O–H groups in total. The van der Waals surface area contributed by atoms with Gasteiger partial charge in [0, 0.05) is 6.08 Å². The topological polar surface area (TPSA) is 26.3 Å². The normalized spacial score (nSPS) is 11.2. The summed E-state index contributed by atoms with van der Waals surface area (Å²) in [7, 11) is 1.36. The van der Waals surface area contributed by atoms with Gasteiger partial charge in [-0.3, -0.25) is 0 Å². The van der Waals surface area contributed by atoms with Crippen LogP contribution in [0.2, 0.25) is 0 Å². The van der Waals surface area contributed by atoms with E-state index in [0.29, 0.717) is 0 Å². The van der Waals surface area contributed by atoms with Gasteiger partial charge in [-0.1, -0.05) is 18.2 Å². The van der Waals surface area contributed by atoms with Crippen LogP contribution in [0.5, 0.6) is 0 Å². The molecule has 1 heterocycles. The van der Waals surface area contributed by atoms with Crippen molar-refractivity contribution >= 4 is 23.4 Å². The monoisotopic (exact) mass is 194 g/mol. The minimum atomic E-state index is -0.338. The fraction of sp³-hybridized carbons (Fsp3) is 0.100. The maximum absolute atomic E-state index is 10.6. The molecule has 68 valence electrons. The Bertz CT molecular complexity index is 310. The summed E-state index contributed by atoms with van der Waals surface area (Å²) in [5, 5.41) is 4.03. The van der Waals surface area contributed by atoms with Crippen LogP contribution < -0.4 is 0 Å². The van der Waals surface area contributed by atoms with Crippen molar-refractivity contribution in [2.45, 2.75) is 0 Å². The fourth-order valence-corrected chi connectivity index (χ4v) is 1.37. The van der Waals surface area contributed by atoms with Gasteiger partial charge in [0.1, 0.15) is 0 Å². The maximum atomic E-state index is 10.6. The number of hydrogen-bond acceptors (Lipinski definition) is 3. The van der Waals surface area contributed by atoms with E-state index in [-0.39, 0.29) is 5.97 Å². The largest absolute Gasteiger partial charge is 0.466 e. The molecule has 0 saturated carbocycles. The number of ether oxygens (including phenoxy) is 1. The fourth-order valence-electron chi connectivity index (χ4n) is 0.739. The molecule has 3 heteroatoms. The molecule has 0 atom stereocenters. The van der Waals surface area contributed by atoms with E-state index in [4.69, 9.17) is 0 Å². The molecule has 2 nitrogen and oxygen atoms in total. The molecule has 0 radical (unpaired) electrons. The second kappa shape index (κ2) is 5.32. The number of thiophene rings is 1. The van der Waals surface area contributed by atoms with Crippen LogP contribution in [-0.2, 0) is 9.53 Å². The number of rotatable bonds is 3. The number of allylic oxidation sites excluding steroid dienone is 2. The van der Waals surface area contributed by atoms with Crippen LogP contribution in [0.15, 0.2) is 35.1 Å². The second-order valence-electron chi connectivity index (χ2n) is 2.30. The summed E-state index contributed by atoms with van der Waals surface area (Å²) < 4.78 is 4.43. The molecular weight excluding hydrogens is 184 g/mol. The molecule has 0 aliphatic carbocycles. The van der Waals surface area contributed by atoms with Crippen molar-refractivity contribution in [2.75, 3.05) is 7.11 Å². The summed E-state index contributed by atoms with van der Waals surface area (Å²) in [6.45, 7) is 0. The zero-order valence-corrected chi connectivity index (χ0v) is 8.08. The van der Waals surface area contributed by atoms with Gasteiger partial charge in [0.05, 0.1) is 7.11 Å². The third-order valence-electron chi connectivity index (χ3n) is 1.38. The molecule has 0 spiro atoms. The van der Waals surface area contributed by atoms with E-state index in [1.807, 2.05) is 22.9 Å². The van der Waals surface area contributed by atoms with Crippen molar-refractivity contribution in [3.63, 3.8) is 0 Å². The van der Waals surface area contributed by atoms with Gasteiger partial charge in [-0.25, -0.2) is 4.79 Å². The van der Waals surface area contributed by atoms with Gasteiger partial charge in [0.15, 0.2) is 0 Å². The minimum absolute atomic E-state index is 0.338. The van der Waals surface area contributed by atoms with E-state index in [0.717, 1.165) is 5.56 Å². The highest BCUT2D eigenvalue weighted by Gasteiger charge is 1.87. The van der Waals surface area contributed by atoms with Gasteiger partial charge >= 0.3 is 5.97 Å². The first kappa shape index (κ1) is 9.74. The van der Waals surface area contributed by atoms with E-state index in [1.165, 1.54) is 13.2 Å². The Hall–Kier alpha value is -1.35. The molecule has 13 heavy (non-hydrogen) atoms. The third-order valence-corrected chi connectivity index (χ3v) is 2.08. The molecule has 0 aliphatic heterocycles. The van der Waals surface area contributed by atoms with Gasteiger partial charge in [-0.2, -0.15) is 11.3 Å². The van der Waals surface area contributed by atoms with Crippen molar-refractivity contribution in [3.8, 4) is 0 Å². The predicted molar refractivity (Wildman–Crippen MR) is 54.5 cm³/mol. The lowest BCUT2D eigenvalue weighted by Crippen LogP contribution is -1.92. The van der Waals surface area contributed by atoms with Gasteiger partial charge < -0.3 is 4.74 Å². The van der Waals surface area contributed by atoms with Crippen LogP contribution in [0.3, 0.4) is 0 Å². The highest BCUT2D eigenvalue weighted by molar-refractivity contribution is 7.08. The van der Waals surface area contributed by atoms with E-state index in [2.05, 4.69) is 4.74 Å². The van der Waals surface area contributed by atoms with Crippen LogP contribution in [0.1, 0.15) is 5.56 Å². The van der Waals surface area contributed by atoms with Crippen LogP contribution >= 0.6 is 11.3 Å². The summed E-state index contributed by atoms with van der Waals surface area (Å²) in [6.07, 6.45) is 6.77. The molecule has 1 rings (SSSR count). The SMILES string of the molecule is COC(=O)/C=C/C=C/c1ccsc1. The lowest BCUT2D eigenvalue weighted by Gasteiger charge is -1.86. The van der Waals surface area contributed by atoms with Gasteiger partial charge in [-0.05, 0) is 22.4 Å². The van der Waals surface area contributed by atoms with Crippen molar-refractivity contribution in [1.82, 2.24) is 0 Å². The zero-order chi connectivity index (χ0) is 9.52. The molecule has 1 aromatic rings. The summed E-state index contributed by atoms with van der Waals surface area (Å²) >= 11 is 1.64. The zero-order valence-electron chi connectivity index (χ0n) is 7.27. The Morgan fingerprint density at radius 1 is 1.54 bits per heavy atom. The Balaban J connectivity index is 2.42. The Morgan fingerprint density at radius 3 is 3.00 bits per heavy atom. The van der Waals surface area contributed by atoms with Crippen LogP contribution in [0.4, 0.5) is 0 Å². The minimum Gasteiger partial charge on any atom is -0.466 e. The highest BCUT2D eigenvalue weighted by atomic mass is 32.1. The maximum Gasteiger partial charge on any atom is 0.330 e. The number of methoxy groups -OCH3 is 1. The first-order chi connectivity index (χ1) is 6.33. The van der Waals surface area contributed by atoms with Crippen LogP contribution in [0, 0.1) is 0 Å². The molecule has 0 saturated heterocycles. The van der Waals surface area contributed by atoms with E-state index in [1.54, 1.807) is 23.5 Å². The lowest BCUT2D eigenvalue weighted by molar-refractivity contribution is -0.134. The highest BCUT2D eigenvalue weighted by Crippen LogP contribution is 2.07. The van der Waals surface area contributed by atoms with Gasteiger partial charge in [0.25, 0.3) is 0 Å². The summed E-state index contributed by atoms with van der Waals surface area (Å²) in [5.74, 6) is -0.338. The molecule has 0 unspecified atom stereocenters. The quantitative estimate of drug-likeness (QED) is 0.420. The number of carbonyl (C=O) groups excluding carboxylic acids is 1. The molecular formula is C10H10O2S. The van der Waals surface area contributed by atoms with Crippen molar-refractivity contribution < 1.29 is 9.53 Å². The Morgan fingerprint density at radius 2 is 2.38 bits per heavy atom. The smallest absolute Gasteiger partial charge is 0.330 e. The average molecular weight is 194 g/mol. The van der Waals surface area contributed by atoms with Crippen molar-refractivity contribution in [1.29, 1.82) is 0 Å². The van der Waals surface area contributed by atoms with Crippen molar-refractivity contribution in [3.05, 3.63) is 40.6 Å². The standard InChI is InChI=1S/C10H10O2S/c1-12-10(11)5-3-2-4-9-6-7-13-8-9/h2-8H,1H3/b4-2+,5-3+. The number of carbonyl (C=O) groups is 1. The van der Waals surface area contributed by atoms with E-state index >= 15 is 0 Å². The first-order valence-corrected chi connectivity index (χ1v) is 4.72. The van der Waals surface area contributed by atoms with Gasteiger partial charge in [0.2, 0.25) is 0 Å². The van der Waals surface area contributed by atoms with E-state index < -0.39 is 0 Å². The lowest BCUT2D eigenvalue weighted by atomic mass is 10.3. The van der Waals surface area contributed by atoms with Gasteiger partial charge in [-0.15, -0.1) is 0 Å². The Kier molecular flexibility index (Phi) is 3.99. The number of esters is 1. The first-order valence-electron chi connectivity index (χ1n) is 3.78. The summed E-state index contributed by atoms with van der Waals surface area (Å²) in [5.41, 5.74) is 1.14. The molecule has 0 amide bonds. The van der Waals surface area contributed by atoms with Crippen molar-refractivity contribution in [2.24, 2.45) is 0 Å². The Labute approximate surface area is 81.2 Å². The van der Waals surface area contributed by atoms with E-state index in [9.17, 15) is 4.79 Å².